The molecule has 1 aromatic carbocycles. The smallest absolute Gasteiger partial charge is 0.237 e. The average Bonchev–Trinajstić information content (AvgIpc) is 2.56. The van der Waals surface area contributed by atoms with Crippen molar-refractivity contribution in [2.75, 3.05) is 6.61 Å². The van der Waals surface area contributed by atoms with Gasteiger partial charge >= 0.3 is 0 Å². The Morgan fingerprint density at radius 2 is 2.20 bits per heavy atom. The molecule has 0 bridgehead atoms. The molecule has 1 aromatic rings. The monoisotopic (exact) mass is 250 g/mol. The lowest BCUT2D eigenvalue weighted by atomic mass is 10.1. The molecule has 0 atom stereocenters. The molecule has 2 rings (SSSR count). The molecule has 0 saturated carbocycles. The lowest BCUT2D eigenvalue weighted by Crippen LogP contribution is -2.01. The summed E-state index contributed by atoms with van der Waals surface area (Å²) in [5.41, 5.74) is 0.853. The molecule has 1 aliphatic heterocycles. The number of rotatable bonds is 2. The summed E-state index contributed by atoms with van der Waals surface area (Å²) in [6.45, 7) is 0.453. The molecule has 3 nitrogen and oxygen atoms in total. The molecular formula is C9H8ClFO3S. The molecule has 0 aromatic heterocycles. The lowest BCUT2D eigenvalue weighted by Gasteiger charge is -2.07. The predicted octanol–water partition coefficient (Wildman–Crippen LogP) is 1.83. The highest BCUT2D eigenvalue weighted by Gasteiger charge is 2.23. The third-order valence-corrected chi connectivity index (χ3v) is 3.18. The Bertz CT molecular complexity index is 498. The summed E-state index contributed by atoms with van der Waals surface area (Å²) in [6.07, 6.45) is 0.672. The molecule has 0 unspecified atom stereocenters. The van der Waals surface area contributed by atoms with Crippen molar-refractivity contribution in [3.05, 3.63) is 29.1 Å². The first kappa shape index (κ1) is 10.7. The summed E-state index contributed by atoms with van der Waals surface area (Å²) in [5.74, 6) is -0.803. The van der Waals surface area contributed by atoms with Gasteiger partial charge in [0.25, 0.3) is 0 Å². The number of halogens is 2. The predicted molar refractivity (Wildman–Crippen MR) is 54.1 cm³/mol. The van der Waals surface area contributed by atoms with Crippen LogP contribution in [0.1, 0.15) is 11.1 Å². The van der Waals surface area contributed by atoms with Crippen LogP contribution in [-0.4, -0.2) is 15.0 Å². The number of hydrogen-bond donors (Lipinski definition) is 0. The van der Waals surface area contributed by atoms with Crippen molar-refractivity contribution in [1.82, 2.24) is 0 Å². The SMILES string of the molecule is O=S(=O)(Cl)Cc1c(F)ccc2c1OCC2. The van der Waals surface area contributed by atoms with Crippen LogP contribution in [0.2, 0.25) is 0 Å². The zero-order valence-corrected chi connectivity index (χ0v) is 9.24. The topological polar surface area (TPSA) is 43.4 Å². The van der Waals surface area contributed by atoms with Gasteiger partial charge in [0.05, 0.1) is 12.4 Å². The molecule has 6 heteroatoms. The van der Waals surface area contributed by atoms with Gasteiger partial charge in [-0.25, -0.2) is 12.8 Å². The summed E-state index contributed by atoms with van der Waals surface area (Å²) >= 11 is 0. The van der Waals surface area contributed by atoms with E-state index in [2.05, 4.69) is 0 Å². The molecule has 15 heavy (non-hydrogen) atoms. The fourth-order valence-corrected chi connectivity index (χ4v) is 2.54. The maximum atomic E-state index is 13.4. The van der Waals surface area contributed by atoms with Gasteiger partial charge in [0.1, 0.15) is 11.6 Å². The second kappa shape index (κ2) is 3.64. The van der Waals surface area contributed by atoms with E-state index in [4.69, 9.17) is 15.4 Å². The Labute approximate surface area is 91.2 Å². The highest BCUT2D eigenvalue weighted by molar-refractivity contribution is 8.13. The zero-order valence-electron chi connectivity index (χ0n) is 7.66. The summed E-state index contributed by atoms with van der Waals surface area (Å²) in [5, 5.41) is 0. The molecule has 0 saturated heterocycles. The molecule has 0 N–H and O–H groups in total. The fourth-order valence-electron chi connectivity index (χ4n) is 1.60. The highest BCUT2D eigenvalue weighted by Crippen LogP contribution is 2.33. The molecule has 82 valence electrons. The molecule has 0 radical (unpaired) electrons. The molecule has 0 aliphatic carbocycles. The Morgan fingerprint density at radius 1 is 1.47 bits per heavy atom. The van der Waals surface area contributed by atoms with Gasteiger partial charge in [0, 0.05) is 22.7 Å². The van der Waals surface area contributed by atoms with E-state index in [1.807, 2.05) is 0 Å². The van der Waals surface area contributed by atoms with Crippen molar-refractivity contribution in [2.45, 2.75) is 12.2 Å². The quantitative estimate of drug-likeness (QED) is 0.752. The third kappa shape index (κ3) is 2.23. The van der Waals surface area contributed by atoms with E-state index in [9.17, 15) is 12.8 Å². The maximum Gasteiger partial charge on any atom is 0.237 e. The normalized spacial score (nSPS) is 14.8. The van der Waals surface area contributed by atoms with E-state index in [1.54, 1.807) is 6.07 Å². The van der Waals surface area contributed by atoms with Gasteiger partial charge in [-0.1, -0.05) is 6.07 Å². The van der Waals surface area contributed by atoms with Crippen LogP contribution >= 0.6 is 10.7 Å². The Balaban J connectivity index is 2.50. The van der Waals surface area contributed by atoms with E-state index >= 15 is 0 Å². The summed E-state index contributed by atoms with van der Waals surface area (Å²) < 4.78 is 40.4. The van der Waals surface area contributed by atoms with E-state index in [-0.39, 0.29) is 5.56 Å². The minimum Gasteiger partial charge on any atom is -0.493 e. The van der Waals surface area contributed by atoms with E-state index in [1.165, 1.54) is 6.07 Å². The van der Waals surface area contributed by atoms with Crippen LogP contribution in [-0.2, 0) is 21.2 Å². The summed E-state index contributed by atoms with van der Waals surface area (Å²) in [7, 11) is 1.32. The third-order valence-electron chi connectivity index (χ3n) is 2.22. The van der Waals surface area contributed by atoms with Crippen molar-refractivity contribution >= 4 is 19.7 Å². The molecule has 1 aliphatic rings. The first-order valence-electron chi connectivity index (χ1n) is 4.33. The zero-order chi connectivity index (χ0) is 11.1. The van der Waals surface area contributed by atoms with Gasteiger partial charge in [0.2, 0.25) is 9.05 Å². The van der Waals surface area contributed by atoms with E-state index in [0.717, 1.165) is 5.56 Å². The second-order valence-electron chi connectivity index (χ2n) is 3.30. The first-order valence-corrected chi connectivity index (χ1v) is 6.80. The standard InChI is InChI=1S/C9H8ClFO3S/c10-15(12,13)5-7-8(11)2-1-6-3-4-14-9(6)7/h1-2H,3-5H2. The van der Waals surface area contributed by atoms with Crippen LogP contribution in [0.4, 0.5) is 4.39 Å². The van der Waals surface area contributed by atoms with Crippen LogP contribution in [0.3, 0.4) is 0 Å². The van der Waals surface area contributed by atoms with E-state index in [0.29, 0.717) is 18.8 Å². The number of fused-ring (bicyclic) bond motifs is 1. The molecule has 0 spiro atoms. The molecular weight excluding hydrogens is 243 g/mol. The van der Waals surface area contributed by atoms with Crippen LogP contribution in [0.15, 0.2) is 12.1 Å². The van der Waals surface area contributed by atoms with Gasteiger partial charge in [-0.2, -0.15) is 0 Å². The van der Waals surface area contributed by atoms with Crippen molar-refractivity contribution in [2.24, 2.45) is 0 Å². The lowest BCUT2D eigenvalue weighted by molar-refractivity contribution is 0.352. The van der Waals surface area contributed by atoms with Gasteiger partial charge in [0.15, 0.2) is 0 Å². The molecule has 0 fully saturated rings. The van der Waals surface area contributed by atoms with Crippen LogP contribution in [0, 0.1) is 5.82 Å². The number of benzene rings is 1. The summed E-state index contributed by atoms with van der Waals surface area (Å²) in [6, 6.07) is 2.84. The molecule has 1 heterocycles. The van der Waals surface area contributed by atoms with Crippen molar-refractivity contribution in [3.63, 3.8) is 0 Å². The summed E-state index contributed by atoms with van der Waals surface area (Å²) in [4.78, 5) is 0. The minimum absolute atomic E-state index is 0.0278. The Hall–Kier alpha value is -0.810. The van der Waals surface area contributed by atoms with Gasteiger partial charge in [-0.3, -0.25) is 0 Å². The number of ether oxygens (including phenoxy) is 1. The first-order chi connectivity index (χ1) is 6.97. The van der Waals surface area contributed by atoms with Crippen LogP contribution in [0.5, 0.6) is 5.75 Å². The molecule has 0 amide bonds. The largest absolute Gasteiger partial charge is 0.493 e. The number of hydrogen-bond acceptors (Lipinski definition) is 3. The average molecular weight is 251 g/mol. The van der Waals surface area contributed by atoms with Gasteiger partial charge in [-0.05, 0) is 11.6 Å². The fraction of sp³-hybridized carbons (Fsp3) is 0.333. The maximum absolute atomic E-state index is 13.4. The second-order valence-corrected chi connectivity index (χ2v) is 6.07. The van der Waals surface area contributed by atoms with Crippen molar-refractivity contribution < 1.29 is 17.5 Å². The van der Waals surface area contributed by atoms with Crippen LogP contribution < -0.4 is 4.74 Å². The van der Waals surface area contributed by atoms with Crippen molar-refractivity contribution in [3.8, 4) is 5.75 Å². The van der Waals surface area contributed by atoms with Crippen molar-refractivity contribution in [1.29, 1.82) is 0 Å². The highest BCUT2D eigenvalue weighted by atomic mass is 35.7. The Morgan fingerprint density at radius 3 is 2.87 bits per heavy atom. The van der Waals surface area contributed by atoms with Crippen LogP contribution in [0.25, 0.3) is 0 Å². The Kier molecular flexibility index (Phi) is 2.60. The van der Waals surface area contributed by atoms with E-state index < -0.39 is 20.6 Å². The van der Waals surface area contributed by atoms with Gasteiger partial charge < -0.3 is 4.74 Å². The van der Waals surface area contributed by atoms with Gasteiger partial charge in [-0.15, -0.1) is 0 Å². The minimum atomic E-state index is -3.77.